The highest BCUT2D eigenvalue weighted by Crippen LogP contribution is 2.43. The van der Waals surface area contributed by atoms with Gasteiger partial charge in [0.25, 0.3) is 5.91 Å². The van der Waals surface area contributed by atoms with Crippen LogP contribution >= 0.6 is 15.9 Å². The highest BCUT2D eigenvalue weighted by molar-refractivity contribution is 9.10. The van der Waals surface area contributed by atoms with Crippen molar-refractivity contribution in [3.8, 4) is 0 Å². The van der Waals surface area contributed by atoms with Gasteiger partial charge in [0.2, 0.25) is 0 Å². The summed E-state index contributed by atoms with van der Waals surface area (Å²) >= 11 is 3.46. The molecule has 0 unspecified atom stereocenters. The van der Waals surface area contributed by atoms with Crippen molar-refractivity contribution in [3.63, 3.8) is 0 Å². The zero-order valence-electron chi connectivity index (χ0n) is 19.6. The number of nitrogens with one attached hydrogen (secondary N) is 1. The molecule has 0 saturated carbocycles. The zero-order valence-corrected chi connectivity index (χ0v) is 21.2. The quantitative estimate of drug-likeness (QED) is 0.211. The molecule has 1 aliphatic rings. The Morgan fingerprint density at radius 3 is 1.83 bits per heavy atom. The first kappa shape index (κ1) is 22.4. The van der Waals surface area contributed by atoms with Crippen molar-refractivity contribution >= 4 is 33.0 Å². The highest BCUT2D eigenvalue weighted by atomic mass is 79.9. The number of rotatable bonds is 6. The topological polar surface area (TPSA) is 59.8 Å². The van der Waals surface area contributed by atoms with Crippen molar-refractivity contribution in [2.45, 2.75) is 18.0 Å². The molecule has 6 rings (SSSR count). The standard InChI is InChI=1S/C30H23BrN4O/c1-29(17-18-29)34-28(36)24-20-35(27-26(24)33-25(31)19-32-27)30(21-11-5-2-6-12-21,22-13-7-3-8-14-22)23-15-9-4-10-16-23/h2-20H,1H3,(H,34,36). The Kier molecular flexibility index (Phi) is 5.34. The van der Waals surface area contributed by atoms with Crippen LogP contribution in [0.3, 0.4) is 0 Å². The molecule has 36 heavy (non-hydrogen) atoms. The molecule has 6 heteroatoms. The summed E-state index contributed by atoms with van der Waals surface area (Å²) in [4.78, 5) is 23.0. The fraction of sp³-hybridized carbons (Fsp3) is 0.100. The minimum Gasteiger partial charge on any atom is -0.340 e. The molecular weight excluding hydrogens is 512 g/mol. The van der Waals surface area contributed by atoms with Gasteiger partial charge in [0.1, 0.15) is 15.7 Å². The van der Waals surface area contributed by atoms with Crippen LogP contribution in [0.4, 0.5) is 0 Å². The lowest BCUT2D eigenvalue weighted by Crippen LogP contribution is -2.38. The number of hydrogen-bond acceptors (Lipinski definition) is 3. The van der Waals surface area contributed by atoms with E-state index in [4.69, 9.17) is 9.97 Å². The monoisotopic (exact) mass is 534 g/mol. The van der Waals surface area contributed by atoms with E-state index in [1.54, 1.807) is 6.20 Å². The predicted octanol–water partition coefficient (Wildman–Crippen LogP) is 6.09. The summed E-state index contributed by atoms with van der Waals surface area (Å²) < 4.78 is 2.67. The Hall–Kier alpha value is -4.03. The number of nitrogens with zero attached hydrogens (tertiary/aromatic N) is 3. The number of fused-ring (bicyclic) bond motifs is 1. The van der Waals surface area contributed by atoms with Gasteiger partial charge in [0, 0.05) is 6.20 Å². The third-order valence-electron chi connectivity index (χ3n) is 6.70. The van der Waals surface area contributed by atoms with Crippen molar-refractivity contribution in [3.05, 3.63) is 142 Å². The van der Waals surface area contributed by atoms with Gasteiger partial charge >= 0.3 is 0 Å². The van der Waals surface area contributed by atoms with Gasteiger partial charge in [-0.05, 0) is 39.5 Å². The van der Waals surface area contributed by atoms with E-state index in [2.05, 4.69) is 62.2 Å². The first-order valence-corrected chi connectivity index (χ1v) is 12.5. The number of amides is 1. The van der Waals surface area contributed by atoms with Crippen molar-refractivity contribution in [1.82, 2.24) is 19.9 Å². The highest BCUT2D eigenvalue weighted by Gasteiger charge is 2.41. The van der Waals surface area contributed by atoms with Crippen LogP contribution in [0.1, 0.15) is 34.0 Å². The zero-order chi connectivity index (χ0) is 24.8. The fourth-order valence-corrected chi connectivity index (χ4v) is 5.15. The van der Waals surface area contributed by atoms with Crippen LogP contribution in [0, 0.1) is 0 Å². The number of carbonyl (C=O) groups excluding carboxylic acids is 1. The molecule has 1 N–H and O–H groups in total. The second kappa shape index (κ2) is 8.57. The molecule has 0 spiro atoms. The number of benzene rings is 3. The van der Waals surface area contributed by atoms with Crippen LogP contribution in [0.5, 0.6) is 0 Å². The maximum atomic E-state index is 13.5. The third-order valence-corrected chi connectivity index (χ3v) is 7.08. The predicted molar refractivity (Wildman–Crippen MR) is 145 cm³/mol. The number of aromatic nitrogens is 3. The maximum absolute atomic E-state index is 13.5. The molecule has 2 aromatic heterocycles. The molecule has 176 valence electrons. The van der Waals surface area contributed by atoms with E-state index >= 15 is 0 Å². The van der Waals surface area contributed by atoms with E-state index in [1.807, 2.05) is 79.9 Å². The van der Waals surface area contributed by atoms with Crippen molar-refractivity contribution in [2.24, 2.45) is 0 Å². The van der Waals surface area contributed by atoms with Crippen LogP contribution in [-0.4, -0.2) is 26.0 Å². The van der Waals surface area contributed by atoms with Crippen LogP contribution in [0.15, 0.2) is 120 Å². The smallest absolute Gasteiger partial charge is 0.256 e. The summed E-state index contributed by atoms with van der Waals surface area (Å²) in [6, 6.07) is 31.0. The van der Waals surface area contributed by atoms with Gasteiger partial charge in [-0.3, -0.25) is 4.79 Å². The molecule has 1 aliphatic carbocycles. The van der Waals surface area contributed by atoms with Crippen LogP contribution in [-0.2, 0) is 5.54 Å². The summed E-state index contributed by atoms with van der Waals surface area (Å²) in [5, 5.41) is 3.10. The maximum Gasteiger partial charge on any atom is 0.256 e. The third kappa shape index (κ3) is 3.65. The van der Waals surface area contributed by atoms with E-state index in [9.17, 15) is 4.79 Å². The molecule has 0 fully saturated rings. The van der Waals surface area contributed by atoms with Gasteiger partial charge in [-0.2, -0.15) is 0 Å². The lowest BCUT2D eigenvalue weighted by molar-refractivity contribution is 0.0941. The average Bonchev–Trinajstić information content (AvgIpc) is 3.52. The summed E-state index contributed by atoms with van der Waals surface area (Å²) in [5.41, 5.74) is 3.57. The SMILES string of the molecule is CC1(NC(=O)c2cn(C(c3ccccc3)(c3ccccc3)c3ccccc3)c3ncc(Br)nc23)C=C1. The summed E-state index contributed by atoms with van der Waals surface area (Å²) in [5.74, 6) is -0.193. The Morgan fingerprint density at radius 2 is 1.36 bits per heavy atom. The largest absolute Gasteiger partial charge is 0.340 e. The van der Waals surface area contributed by atoms with Crippen LogP contribution < -0.4 is 5.32 Å². The van der Waals surface area contributed by atoms with Gasteiger partial charge in [0.05, 0.1) is 17.3 Å². The molecular formula is C30H23BrN4O. The van der Waals surface area contributed by atoms with Crippen molar-refractivity contribution in [2.75, 3.05) is 0 Å². The van der Waals surface area contributed by atoms with Crippen LogP contribution in [0.25, 0.3) is 11.2 Å². The van der Waals surface area contributed by atoms with E-state index in [-0.39, 0.29) is 5.91 Å². The molecule has 5 aromatic rings. The molecule has 0 aliphatic heterocycles. The minimum atomic E-state index is -0.801. The van der Waals surface area contributed by atoms with Gasteiger partial charge in [-0.25, -0.2) is 9.97 Å². The second-order valence-electron chi connectivity index (χ2n) is 9.16. The molecule has 3 aromatic carbocycles. The van der Waals surface area contributed by atoms with Crippen LogP contribution in [0.2, 0.25) is 0 Å². The minimum absolute atomic E-state index is 0.193. The molecule has 2 heterocycles. The number of halogens is 1. The number of hydrogen-bond donors (Lipinski definition) is 1. The molecule has 0 saturated heterocycles. The Balaban J connectivity index is 1.72. The molecule has 5 nitrogen and oxygen atoms in total. The Morgan fingerprint density at radius 1 is 0.861 bits per heavy atom. The van der Waals surface area contributed by atoms with E-state index in [0.29, 0.717) is 21.3 Å². The number of carbonyl (C=O) groups is 1. The van der Waals surface area contributed by atoms with E-state index < -0.39 is 11.1 Å². The van der Waals surface area contributed by atoms with Gasteiger partial charge < -0.3 is 9.88 Å². The summed E-state index contributed by atoms with van der Waals surface area (Å²) in [6.45, 7) is 1.97. The van der Waals surface area contributed by atoms with E-state index in [1.165, 1.54) is 0 Å². The molecule has 0 bridgehead atoms. The molecule has 0 atom stereocenters. The van der Waals surface area contributed by atoms with E-state index in [0.717, 1.165) is 16.7 Å². The van der Waals surface area contributed by atoms with Gasteiger partial charge in [-0.1, -0.05) is 103 Å². The van der Waals surface area contributed by atoms with Crippen molar-refractivity contribution in [1.29, 1.82) is 0 Å². The van der Waals surface area contributed by atoms with Crippen molar-refractivity contribution < 1.29 is 4.79 Å². The van der Waals surface area contributed by atoms with Gasteiger partial charge in [0.15, 0.2) is 5.65 Å². The summed E-state index contributed by atoms with van der Waals surface area (Å²) in [6.07, 6.45) is 7.50. The lowest BCUT2D eigenvalue weighted by atomic mass is 9.76. The van der Waals surface area contributed by atoms with Gasteiger partial charge in [-0.15, -0.1) is 0 Å². The lowest BCUT2D eigenvalue weighted by Gasteiger charge is -2.38. The molecule has 0 radical (unpaired) electrons. The second-order valence-corrected chi connectivity index (χ2v) is 9.97. The first-order valence-electron chi connectivity index (χ1n) is 11.7. The first-order chi connectivity index (χ1) is 17.5. The Bertz CT molecular complexity index is 1490. The Labute approximate surface area is 217 Å². The molecule has 1 amide bonds. The summed E-state index contributed by atoms with van der Waals surface area (Å²) in [7, 11) is 0. The average molecular weight is 535 g/mol. The normalized spacial score (nSPS) is 14.1. The fourth-order valence-electron chi connectivity index (χ4n) is 4.87.